The molecule has 0 saturated heterocycles. The summed E-state index contributed by atoms with van der Waals surface area (Å²) in [7, 11) is 0. The third kappa shape index (κ3) is 3.55. The molecule has 0 fully saturated rings. The van der Waals surface area contributed by atoms with Crippen molar-refractivity contribution < 1.29 is 0 Å². The van der Waals surface area contributed by atoms with Crippen molar-refractivity contribution >= 4 is 55.2 Å². The molecule has 2 nitrogen and oxygen atoms in total. The number of para-hydroxylation sites is 1. The number of pyridine rings is 1. The predicted octanol–water partition coefficient (Wildman–Crippen LogP) is 10.8. The number of aromatic nitrogens is 2. The molecule has 0 bridgehead atoms. The van der Waals surface area contributed by atoms with Crippen molar-refractivity contribution in [2.75, 3.05) is 0 Å². The van der Waals surface area contributed by atoms with E-state index in [0.29, 0.717) is 0 Å². The summed E-state index contributed by atoms with van der Waals surface area (Å²) >= 11 is 0. The summed E-state index contributed by atoms with van der Waals surface area (Å²) in [6.07, 6.45) is 6.10. The average Bonchev–Trinajstić information content (AvgIpc) is 3.43. The number of allylic oxidation sites excluding steroid dienone is 2. The lowest BCUT2D eigenvalue weighted by atomic mass is 9.84. The zero-order valence-electron chi connectivity index (χ0n) is 23.4. The van der Waals surface area contributed by atoms with Gasteiger partial charge in [0.1, 0.15) is 5.65 Å². The standard InChI is InChI=1S/C40H28N2/c1-3-4-16-29-26(2)38(27-14-6-5-7-15-27)32-19-9-10-20-33(32)39(29)28-23-24-35-37(25-28)42-36-22-13-12-18-31(36)30-17-8-11-21-34(30)40(42)41-35/h3-25H,1H2,2H3/b16-4-. The fourth-order valence-electron chi connectivity index (χ4n) is 6.71. The quantitative estimate of drug-likeness (QED) is 0.161. The predicted molar refractivity (Wildman–Crippen MR) is 180 cm³/mol. The molecule has 2 heterocycles. The number of benzene rings is 6. The Bertz CT molecular complexity index is 2370. The van der Waals surface area contributed by atoms with Crippen LogP contribution in [0, 0.1) is 6.92 Å². The van der Waals surface area contributed by atoms with Gasteiger partial charge in [-0.05, 0) is 74.7 Å². The fourth-order valence-corrected chi connectivity index (χ4v) is 6.71. The molecule has 2 aromatic heterocycles. The van der Waals surface area contributed by atoms with E-state index in [1.807, 2.05) is 12.2 Å². The maximum absolute atomic E-state index is 5.17. The Hall–Kier alpha value is -5.47. The van der Waals surface area contributed by atoms with Crippen molar-refractivity contribution in [3.05, 3.63) is 151 Å². The van der Waals surface area contributed by atoms with E-state index in [-0.39, 0.29) is 0 Å². The maximum Gasteiger partial charge on any atom is 0.146 e. The van der Waals surface area contributed by atoms with Crippen LogP contribution in [0.5, 0.6) is 0 Å². The van der Waals surface area contributed by atoms with Crippen LogP contribution in [0.3, 0.4) is 0 Å². The van der Waals surface area contributed by atoms with Crippen LogP contribution in [0.15, 0.2) is 140 Å². The normalized spacial score (nSPS) is 11.9. The molecule has 0 unspecified atom stereocenters. The monoisotopic (exact) mass is 536 g/mol. The van der Waals surface area contributed by atoms with Crippen molar-refractivity contribution in [3.63, 3.8) is 0 Å². The molecule has 0 N–H and O–H groups in total. The van der Waals surface area contributed by atoms with E-state index >= 15 is 0 Å². The first-order valence-electron chi connectivity index (χ1n) is 14.4. The minimum atomic E-state index is 0.990. The molecule has 8 rings (SSSR count). The van der Waals surface area contributed by atoms with Crippen molar-refractivity contribution in [3.8, 4) is 22.3 Å². The largest absolute Gasteiger partial charge is 0.292 e. The van der Waals surface area contributed by atoms with Gasteiger partial charge in [-0.15, -0.1) is 0 Å². The molecule has 42 heavy (non-hydrogen) atoms. The number of nitrogens with zero attached hydrogens (tertiary/aromatic N) is 2. The van der Waals surface area contributed by atoms with E-state index in [1.165, 1.54) is 54.9 Å². The second-order valence-corrected chi connectivity index (χ2v) is 10.8. The van der Waals surface area contributed by atoms with E-state index < -0.39 is 0 Å². The molecule has 0 aliphatic carbocycles. The summed E-state index contributed by atoms with van der Waals surface area (Å²) in [5.41, 5.74) is 11.6. The minimum absolute atomic E-state index is 0.990. The smallest absolute Gasteiger partial charge is 0.146 e. The van der Waals surface area contributed by atoms with Crippen LogP contribution in [-0.4, -0.2) is 9.38 Å². The molecule has 0 radical (unpaired) electrons. The number of fused-ring (bicyclic) bond motifs is 9. The van der Waals surface area contributed by atoms with Crippen LogP contribution in [0.4, 0.5) is 0 Å². The van der Waals surface area contributed by atoms with E-state index in [1.54, 1.807) is 0 Å². The molecular weight excluding hydrogens is 508 g/mol. The molecule has 0 spiro atoms. The number of hydrogen-bond acceptors (Lipinski definition) is 1. The lowest BCUT2D eigenvalue weighted by Gasteiger charge is -2.20. The lowest BCUT2D eigenvalue weighted by Crippen LogP contribution is -1.96. The average molecular weight is 537 g/mol. The highest BCUT2D eigenvalue weighted by atomic mass is 15.0. The minimum Gasteiger partial charge on any atom is -0.292 e. The first-order valence-corrected chi connectivity index (χ1v) is 14.4. The number of imidazole rings is 1. The van der Waals surface area contributed by atoms with Crippen molar-refractivity contribution in [1.29, 1.82) is 0 Å². The maximum atomic E-state index is 5.17. The molecule has 2 heteroatoms. The second kappa shape index (κ2) is 9.57. The molecule has 6 aromatic carbocycles. The molecular formula is C40H28N2. The highest BCUT2D eigenvalue weighted by molar-refractivity contribution is 6.15. The van der Waals surface area contributed by atoms with Crippen LogP contribution in [0.2, 0.25) is 0 Å². The van der Waals surface area contributed by atoms with Crippen molar-refractivity contribution in [1.82, 2.24) is 9.38 Å². The third-order valence-corrected chi connectivity index (χ3v) is 8.52. The summed E-state index contributed by atoms with van der Waals surface area (Å²) < 4.78 is 2.34. The van der Waals surface area contributed by atoms with Gasteiger partial charge in [0.2, 0.25) is 0 Å². The molecule has 0 amide bonds. The van der Waals surface area contributed by atoms with Crippen LogP contribution in [0.1, 0.15) is 11.1 Å². The van der Waals surface area contributed by atoms with Gasteiger partial charge in [-0.2, -0.15) is 0 Å². The van der Waals surface area contributed by atoms with E-state index in [0.717, 1.165) is 27.6 Å². The van der Waals surface area contributed by atoms with Crippen LogP contribution in [-0.2, 0) is 0 Å². The summed E-state index contributed by atoms with van der Waals surface area (Å²) in [5.74, 6) is 0. The van der Waals surface area contributed by atoms with Gasteiger partial charge in [-0.25, -0.2) is 4.98 Å². The van der Waals surface area contributed by atoms with E-state index in [4.69, 9.17) is 4.98 Å². The van der Waals surface area contributed by atoms with Gasteiger partial charge in [0.25, 0.3) is 0 Å². The highest BCUT2D eigenvalue weighted by Crippen LogP contribution is 2.43. The van der Waals surface area contributed by atoms with E-state index in [9.17, 15) is 0 Å². The molecule has 0 saturated carbocycles. The molecule has 0 atom stereocenters. The van der Waals surface area contributed by atoms with Gasteiger partial charge >= 0.3 is 0 Å². The van der Waals surface area contributed by atoms with Gasteiger partial charge in [-0.3, -0.25) is 4.40 Å². The van der Waals surface area contributed by atoms with Crippen LogP contribution < -0.4 is 0 Å². The molecule has 8 aromatic rings. The zero-order valence-corrected chi connectivity index (χ0v) is 23.4. The third-order valence-electron chi connectivity index (χ3n) is 8.52. The Labute approximate surface area is 244 Å². The second-order valence-electron chi connectivity index (χ2n) is 10.8. The summed E-state index contributed by atoms with van der Waals surface area (Å²) in [6.45, 7) is 6.22. The Morgan fingerprint density at radius 3 is 2.00 bits per heavy atom. The first kappa shape index (κ1) is 24.3. The number of rotatable bonds is 4. The SMILES string of the molecule is C=C/C=C\c1c(C)c(-c2ccccc2)c2ccccc2c1-c1ccc2nc3c4ccccc4c4ccccc4n3c2c1. The lowest BCUT2D eigenvalue weighted by molar-refractivity contribution is 1.31. The van der Waals surface area contributed by atoms with Gasteiger partial charge in [0.15, 0.2) is 0 Å². The first-order chi connectivity index (χ1) is 20.7. The van der Waals surface area contributed by atoms with Gasteiger partial charge < -0.3 is 0 Å². The summed E-state index contributed by atoms with van der Waals surface area (Å²) in [4.78, 5) is 5.17. The molecule has 198 valence electrons. The Morgan fingerprint density at radius 1 is 0.595 bits per heavy atom. The zero-order chi connectivity index (χ0) is 28.2. The van der Waals surface area contributed by atoms with E-state index in [2.05, 4.69) is 145 Å². The van der Waals surface area contributed by atoms with Crippen molar-refractivity contribution in [2.24, 2.45) is 0 Å². The number of hydrogen-bond donors (Lipinski definition) is 0. The van der Waals surface area contributed by atoms with Crippen LogP contribution in [0.25, 0.3) is 77.5 Å². The topological polar surface area (TPSA) is 17.3 Å². The van der Waals surface area contributed by atoms with Gasteiger partial charge in [0, 0.05) is 10.8 Å². The van der Waals surface area contributed by atoms with Gasteiger partial charge in [0.05, 0.1) is 16.6 Å². The van der Waals surface area contributed by atoms with Gasteiger partial charge in [-0.1, -0.05) is 128 Å². The van der Waals surface area contributed by atoms with Crippen molar-refractivity contribution in [2.45, 2.75) is 6.92 Å². The fraction of sp³-hybridized carbons (Fsp3) is 0.0250. The Morgan fingerprint density at radius 2 is 1.24 bits per heavy atom. The highest BCUT2D eigenvalue weighted by Gasteiger charge is 2.20. The molecule has 0 aliphatic heterocycles. The Kier molecular flexibility index (Phi) is 5.55. The Balaban J connectivity index is 1.51. The summed E-state index contributed by atoms with van der Waals surface area (Å²) in [5, 5.41) is 6.10. The molecule has 0 aliphatic rings. The van der Waals surface area contributed by atoms with Crippen LogP contribution >= 0.6 is 0 Å². The summed E-state index contributed by atoms with van der Waals surface area (Å²) in [6, 6.07) is 43.5.